The monoisotopic (exact) mass is 215 g/mol. The van der Waals surface area contributed by atoms with E-state index in [0.29, 0.717) is 12.5 Å². The Morgan fingerprint density at radius 1 is 1.50 bits per heavy atom. The zero-order valence-electron chi connectivity index (χ0n) is 5.57. The number of halogens is 3. The first-order valence-corrected chi connectivity index (χ1v) is 8.16. The minimum absolute atomic E-state index is 0.00289. The number of rotatable bonds is 3. The molecule has 0 saturated carbocycles. The van der Waals surface area contributed by atoms with Crippen molar-refractivity contribution in [1.29, 1.82) is 5.26 Å². The summed E-state index contributed by atoms with van der Waals surface area (Å²) in [7, 11) is 0. The molecule has 0 heterocycles. The van der Waals surface area contributed by atoms with Gasteiger partial charge in [0.15, 0.2) is 0 Å². The summed E-state index contributed by atoms with van der Waals surface area (Å²) < 4.78 is 0. The normalized spacial score (nSPS) is 14.3. The van der Waals surface area contributed by atoms with Crippen LogP contribution in [0.25, 0.3) is 0 Å². The highest BCUT2D eigenvalue weighted by Crippen LogP contribution is 2.27. The van der Waals surface area contributed by atoms with Crippen molar-refractivity contribution in [3.05, 3.63) is 0 Å². The van der Waals surface area contributed by atoms with E-state index in [0.717, 1.165) is 0 Å². The lowest BCUT2D eigenvalue weighted by Crippen LogP contribution is -2.09. The predicted octanol–water partition coefficient (Wildman–Crippen LogP) is 3.19. The molecular formula is C5H8Cl3NSi. The molecule has 1 atom stereocenters. The van der Waals surface area contributed by atoms with Crippen molar-refractivity contribution >= 4 is 39.2 Å². The second kappa shape index (κ2) is 4.45. The second-order valence-electron chi connectivity index (χ2n) is 2.18. The van der Waals surface area contributed by atoms with Crippen LogP contribution in [0.5, 0.6) is 0 Å². The summed E-state index contributed by atoms with van der Waals surface area (Å²) in [6.45, 7) is 1.82. The summed E-state index contributed by atoms with van der Waals surface area (Å²) in [5, 5.41) is 8.37. The van der Waals surface area contributed by atoms with Gasteiger partial charge in [0.1, 0.15) is 0 Å². The van der Waals surface area contributed by atoms with Crippen molar-refractivity contribution in [2.45, 2.75) is 19.4 Å². The van der Waals surface area contributed by atoms with E-state index >= 15 is 0 Å². The molecule has 0 aromatic heterocycles. The molecule has 1 nitrogen and oxygen atoms in total. The molecule has 0 amide bonds. The molecule has 0 radical (unpaired) electrons. The highest BCUT2D eigenvalue weighted by atomic mass is 35.8. The van der Waals surface area contributed by atoms with Gasteiger partial charge < -0.3 is 0 Å². The molecule has 0 saturated heterocycles. The summed E-state index contributed by atoms with van der Waals surface area (Å²) in [5.41, 5.74) is 0. The standard InChI is InChI=1S/C5H8Cl3NSi/c1-5(4-9)2-3-10(6,7)8/h5H,2-3H2,1H3/t5-/m0/s1. The smallest absolute Gasteiger partial charge is 0.198 e. The molecule has 0 aliphatic rings. The topological polar surface area (TPSA) is 23.8 Å². The maximum Gasteiger partial charge on any atom is 0.341 e. The van der Waals surface area contributed by atoms with Crippen LogP contribution in [0.2, 0.25) is 6.04 Å². The van der Waals surface area contributed by atoms with E-state index in [1.807, 2.05) is 6.92 Å². The van der Waals surface area contributed by atoms with Crippen LogP contribution in [0.1, 0.15) is 13.3 Å². The molecule has 0 N–H and O–H groups in total. The van der Waals surface area contributed by atoms with Crippen molar-refractivity contribution in [3.63, 3.8) is 0 Å². The largest absolute Gasteiger partial charge is 0.341 e. The molecule has 0 bridgehead atoms. The lowest BCUT2D eigenvalue weighted by atomic mass is 10.1. The van der Waals surface area contributed by atoms with Gasteiger partial charge in [0, 0.05) is 5.92 Å². The third-order valence-electron chi connectivity index (χ3n) is 1.08. The highest BCUT2D eigenvalue weighted by molar-refractivity contribution is 7.64. The lowest BCUT2D eigenvalue weighted by molar-refractivity contribution is 0.710. The molecule has 0 fully saturated rings. The average molecular weight is 217 g/mol. The molecule has 0 rings (SSSR count). The summed E-state index contributed by atoms with van der Waals surface area (Å²) in [6.07, 6.45) is 0.694. The molecule has 0 aromatic carbocycles. The molecule has 5 heteroatoms. The Bertz CT molecular complexity index is 137. The van der Waals surface area contributed by atoms with Crippen LogP contribution in [0.4, 0.5) is 0 Å². The van der Waals surface area contributed by atoms with E-state index in [1.54, 1.807) is 0 Å². The first kappa shape index (κ1) is 10.6. The number of hydrogen-bond acceptors (Lipinski definition) is 1. The van der Waals surface area contributed by atoms with Crippen molar-refractivity contribution < 1.29 is 0 Å². The second-order valence-corrected chi connectivity index (χ2v) is 11.5. The minimum Gasteiger partial charge on any atom is -0.198 e. The van der Waals surface area contributed by atoms with E-state index in [9.17, 15) is 0 Å². The van der Waals surface area contributed by atoms with E-state index < -0.39 is 6.00 Å². The van der Waals surface area contributed by atoms with Crippen LogP contribution in [-0.2, 0) is 0 Å². The predicted molar refractivity (Wildman–Crippen MR) is 47.5 cm³/mol. The van der Waals surface area contributed by atoms with Crippen LogP contribution in [-0.4, -0.2) is 6.00 Å². The zero-order chi connectivity index (χ0) is 8.20. The number of hydrogen-bond donors (Lipinski definition) is 0. The van der Waals surface area contributed by atoms with Gasteiger partial charge in [-0.05, 0) is 19.4 Å². The van der Waals surface area contributed by atoms with Crippen molar-refractivity contribution in [2.75, 3.05) is 0 Å². The Hall–Kier alpha value is 0.577. The summed E-state index contributed by atoms with van der Waals surface area (Å²) in [5.74, 6) is 0.00289. The SMILES string of the molecule is C[C@H](C#N)CC[Si](Cl)(Cl)Cl. The summed E-state index contributed by atoms with van der Waals surface area (Å²) >= 11 is 16.8. The van der Waals surface area contributed by atoms with Gasteiger partial charge in [-0.15, -0.1) is 33.2 Å². The van der Waals surface area contributed by atoms with E-state index in [2.05, 4.69) is 6.07 Å². The Balaban J connectivity index is 3.48. The summed E-state index contributed by atoms with van der Waals surface area (Å²) in [6, 6.07) is 0.189. The van der Waals surface area contributed by atoms with Gasteiger partial charge in [0.05, 0.1) is 6.07 Å². The Morgan fingerprint density at radius 3 is 2.30 bits per heavy atom. The quantitative estimate of drug-likeness (QED) is 0.525. The van der Waals surface area contributed by atoms with Gasteiger partial charge in [0.25, 0.3) is 0 Å². The van der Waals surface area contributed by atoms with Crippen molar-refractivity contribution in [3.8, 4) is 6.07 Å². The van der Waals surface area contributed by atoms with Crippen LogP contribution in [0.3, 0.4) is 0 Å². The van der Waals surface area contributed by atoms with Gasteiger partial charge in [-0.1, -0.05) is 0 Å². The fraction of sp³-hybridized carbons (Fsp3) is 0.800. The number of nitrogens with zero attached hydrogens (tertiary/aromatic N) is 1. The zero-order valence-corrected chi connectivity index (χ0v) is 8.84. The lowest BCUT2D eigenvalue weighted by Gasteiger charge is -2.07. The van der Waals surface area contributed by atoms with Gasteiger partial charge in [-0.3, -0.25) is 0 Å². The Labute approximate surface area is 76.0 Å². The van der Waals surface area contributed by atoms with Crippen LogP contribution in [0.15, 0.2) is 0 Å². The molecule has 10 heavy (non-hydrogen) atoms. The molecule has 0 aliphatic carbocycles. The Kier molecular flexibility index (Phi) is 4.71. The average Bonchev–Trinajstić information content (AvgIpc) is 1.81. The van der Waals surface area contributed by atoms with Crippen LogP contribution in [0, 0.1) is 17.2 Å². The first-order chi connectivity index (χ1) is 4.45. The highest BCUT2D eigenvalue weighted by Gasteiger charge is 2.24. The molecule has 0 unspecified atom stereocenters. The van der Waals surface area contributed by atoms with E-state index in [1.165, 1.54) is 0 Å². The molecule has 0 aliphatic heterocycles. The number of nitriles is 1. The summed E-state index contributed by atoms with van der Waals surface area (Å²) in [4.78, 5) is 0. The third-order valence-corrected chi connectivity index (χ3v) is 3.64. The molecule has 0 aromatic rings. The van der Waals surface area contributed by atoms with Gasteiger partial charge in [0.2, 0.25) is 0 Å². The maximum absolute atomic E-state index is 8.37. The van der Waals surface area contributed by atoms with E-state index in [4.69, 9.17) is 38.5 Å². The van der Waals surface area contributed by atoms with Crippen molar-refractivity contribution in [1.82, 2.24) is 0 Å². The minimum atomic E-state index is -2.47. The molecular weight excluding hydrogens is 209 g/mol. The van der Waals surface area contributed by atoms with Gasteiger partial charge in [-0.2, -0.15) is 5.26 Å². The van der Waals surface area contributed by atoms with Gasteiger partial charge in [-0.25, -0.2) is 0 Å². The molecule has 58 valence electrons. The molecule has 0 spiro atoms. The van der Waals surface area contributed by atoms with Crippen molar-refractivity contribution in [2.24, 2.45) is 5.92 Å². The van der Waals surface area contributed by atoms with Crippen LogP contribution < -0.4 is 0 Å². The first-order valence-electron chi connectivity index (χ1n) is 2.92. The van der Waals surface area contributed by atoms with Crippen LogP contribution >= 0.6 is 33.2 Å². The van der Waals surface area contributed by atoms with E-state index in [-0.39, 0.29) is 5.92 Å². The Morgan fingerprint density at radius 2 is 2.00 bits per heavy atom. The maximum atomic E-state index is 8.37. The fourth-order valence-corrected chi connectivity index (χ4v) is 2.19. The third kappa shape index (κ3) is 6.69. The van der Waals surface area contributed by atoms with Gasteiger partial charge >= 0.3 is 6.00 Å². The fourth-order valence-electron chi connectivity index (χ4n) is 0.445.